The van der Waals surface area contributed by atoms with E-state index in [1.807, 2.05) is 0 Å². The third-order valence-corrected chi connectivity index (χ3v) is 1.90. The van der Waals surface area contributed by atoms with Gasteiger partial charge in [0, 0.05) is 12.6 Å². The molecular formula is C8H10N2O2. The summed E-state index contributed by atoms with van der Waals surface area (Å²) in [6.45, 7) is 1.58. The molecule has 0 aliphatic carbocycles. The first-order chi connectivity index (χ1) is 5.90. The van der Waals surface area contributed by atoms with E-state index < -0.39 is 0 Å². The molecule has 0 fully saturated rings. The Morgan fingerprint density at radius 3 is 3.33 bits per heavy atom. The fourth-order valence-corrected chi connectivity index (χ4v) is 1.29. The van der Waals surface area contributed by atoms with Crippen LogP contribution in [-0.4, -0.2) is 22.7 Å². The molecule has 2 rings (SSSR count). The maximum Gasteiger partial charge on any atom is 0.212 e. The first-order valence-corrected chi connectivity index (χ1v) is 4.06. The van der Waals surface area contributed by atoms with Crippen LogP contribution in [0.25, 0.3) is 0 Å². The van der Waals surface area contributed by atoms with Gasteiger partial charge in [0.05, 0.1) is 6.61 Å². The molecular weight excluding hydrogens is 156 g/mol. The Morgan fingerprint density at radius 1 is 1.58 bits per heavy atom. The number of hydrogen-bond acceptors (Lipinski definition) is 3. The Bertz CT molecular complexity index is 270. The van der Waals surface area contributed by atoms with Crippen molar-refractivity contribution in [3.63, 3.8) is 0 Å². The van der Waals surface area contributed by atoms with Gasteiger partial charge < -0.3 is 4.74 Å². The van der Waals surface area contributed by atoms with Gasteiger partial charge in [0.2, 0.25) is 5.88 Å². The smallest absolute Gasteiger partial charge is 0.212 e. The quantitative estimate of drug-likeness (QED) is 0.581. The van der Waals surface area contributed by atoms with Crippen molar-refractivity contribution < 1.29 is 9.53 Å². The highest BCUT2D eigenvalue weighted by molar-refractivity contribution is 5.72. The average molecular weight is 166 g/mol. The lowest BCUT2D eigenvalue weighted by Gasteiger charge is -2.00. The summed E-state index contributed by atoms with van der Waals surface area (Å²) in [5.74, 6) is 0.717. The molecule has 0 saturated heterocycles. The van der Waals surface area contributed by atoms with Crippen molar-refractivity contribution in [2.75, 3.05) is 6.61 Å². The topological polar surface area (TPSA) is 44.1 Å². The maximum absolute atomic E-state index is 10.4. The van der Waals surface area contributed by atoms with Crippen LogP contribution in [0.3, 0.4) is 0 Å². The Morgan fingerprint density at radius 2 is 2.50 bits per heavy atom. The molecule has 0 saturated carbocycles. The van der Waals surface area contributed by atoms with Gasteiger partial charge >= 0.3 is 0 Å². The molecule has 1 aromatic heterocycles. The number of nitrogens with zero attached hydrogens (tertiary/aromatic N) is 2. The molecule has 64 valence electrons. The number of aryl methyl sites for hydroxylation is 1. The van der Waals surface area contributed by atoms with Gasteiger partial charge in [0.25, 0.3) is 0 Å². The summed E-state index contributed by atoms with van der Waals surface area (Å²) in [6.07, 6.45) is 2.86. The Labute approximate surface area is 70.1 Å². The zero-order valence-corrected chi connectivity index (χ0v) is 6.69. The third-order valence-electron chi connectivity index (χ3n) is 1.90. The molecule has 0 amide bonds. The van der Waals surface area contributed by atoms with E-state index >= 15 is 0 Å². The first kappa shape index (κ1) is 7.34. The predicted octanol–water partition coefficient (Wildman–Crippen LogP) is 0.868. The fourth-order valence-electron chi connectivity index (χ4n) is 1.29. The van der Waals surface area contributed by atoms with Crippen molar-refractivity contribution in [2.24, 2.45) is 0 Å². The highest BCUT2D eigenvalue weighted by Crippen LogP contribution is 2.16. The molecule has 1 aliphatic rings. The summed E-state index contributed by atoms with van der Waals surface area (Å²) in [4.78, 5) is 10.4. The van der Waals surface area contributed by atoms with Crippen molar-refractivity contribution in [1.29, 1.82) is 0 Å². The standard InChI is InChI=1S/C8H10N2O2/c11-6-7-5-8-10(9-7)3-1-2-4-12-8/h5-6H,1-4H2. The van der Waals surface area contributed by atoms with Crippen LogP contribution in [0.5, 0.6) is 5.88 Å². The van der Waals surface area contributed by atoms with Gasteiger partial charge in [-0.25, -0.2) is 4.68 Å². The second-order valence-electron chi connectivity index (χ2n) is 2.80. The average Bonchev–Trinajstić information content (AvgIpc) is 2.37. The van der Waals surface area contributed by atoms with E-state index in [2.05, 4.69) is 5.10 Å². The van der Waals surface area contributed by atoms with E-state index in [1.54, 1.807) is 10.7 Å². The van der Waals surface area contributed by atoms with E-state index in [4.69, 9.17) is 4.74 Å². The lowest BCUT2D eigenvalue weighted by molar-refractivity contribution is 0.111. The number of aldehydes is 1. The summed E-state index contributed by atoms with van der Waals surface area (Å²) in [5.41, 5.74) is 0.451. The van der Waals surface area contributed by atoms with Crippen LogP contribution >= 0.6 is 0 Å². The minimum absolute atomic E-state index is 0.451. The molecule has 0 radical (unpaired) electrons. The van der Waals surface area contributed by atoms with Crippen LogP contribution in [0.2, 0.25) is 0 Å². The zero-order valence-electron chi connectivity index (χ0n) is 6.69. The third kappa shape index (κ3) is 1.20. The molecule has 2 heterocycles. The van der Waals surface area contributed by atoms with Crippen LogP contribution in [0, 0.1) is 0 Å². The molecule has 0 unspecified atom stereocenters. The minimum Gasteiger partial charge on any atom is -0.478 e. The lowest BCUT2D eigenvalue weighted by Crippen LogP contribution is -1.99. The highest BCUT2D eigenvalue weighted by atomic mass is 16.5. The fraction of sp³-hybridized carbons (Fsp3) is 0.500. The number of hydrogen-bond donors (Lipinski definition) is 0. The molecule has 0 bridgehead atoms. The molecule has 1 aromatic rings. The second-order valence-corrected chi connectivity index (χ2v) is 2.80. The van der Waals surface area contributed by atoms with Gasteiger partial charge in [0.1, 0.15) is 5.69 Å². The number of rotatable bonds is 1. The van der Waals surface area contributed by atoms with Crippen molar-refractivity contribution in [3.8, 4) is 5.88 Å². The normalized spacial score (nSPS) is 16.0. The summed E-state index contributed by atoms with van der Waals surface area (Å²) < 4.78 is 7.12. The molecule has 1 aliphatic heterocycles. The summed E-state index contributed by atoms with van der Waals surface area (Å²) in [6, 6.07) is 1.68. The number of carbonyl (C=O) groups is 1. The number of fused-ring (bicyclic) bond motifs is 1. The van der Waals surface area contributed by atoms with Gasteiger partial charge in [-0.3, -0.25) is 4.79 Å². The number of ether oxygens (including phenoxy) is 1. The summed E-state index contributed by atoms with van der Waals surface area (Å²) >= 11 is 0. The van der Waals surface area contributed by atoms with Crippen LogP contribution < -0.4 is 4.74 Å². The van der Waals surface area contributed by atoms with Gasteiger partial charge in [-0.1, -0.05) is 0 Å². The number of aromatic nitrogens is 2. The Kier molecular flexibility index (Phi) is 1.81. The predicted molar refractivity (Wildman–Crippen MR) is 42.3 cm³/mol. The van der Waals surface area contributed by atoms with Crippen LogP contribution in [0.4, 0.5) is 0 Å². The minimum atomic E-state index is 0.451. The second kappa shape index (κ2) is 2.97. The van der Waals surface area contributed by atoms with E-state index in [9.17, 15) is 4.79 Å². The summed E-state index contributed by atoms with van der Waals surface area (Å²) in [5, 5.41) is 4.05. The van der Waals surface area contributed by atoms with E-state index in [-0.39, 0.29) is 0 Å². The van der Waals surface area contributed by atoms with Crippen molar-refractivity contribution in [3.05, 3.63) is 11.8 Å². The van der Waals surface area contributed by atoms with Crippen LogP contribution in [-0.2, 0) is 6.54 Å². The molecule has 0 spiro atoms. The monoisotopic (exact) mass is 166 g/mol. The van der Waals surface area contributed by atoms with Crippen molar-refractivity contribution in [1.82, 2.24) is 9.78 Å². The highest BCUT2D eigenvalue weighted by Gasteiger charge is 2.10. The van der Waals surface area contributed by atoms with Crippen LogP contribution in [0.15, 0.2) is 6.07 Å². The van der Waals surface area contributed by atoms with Gasteiger partial charge in [-0.15, -0.1) is 0 Å². The lowest BCUT2D eigenvalue weighted by atomic mass is 10.3. The van der Waals surface area contributed by atoms with E-state index in [0.29, 0.717) is 5.69 Å². The van der Waals surface area contributed by atoms with Crippen molar-refractivity contribution in [2.45, 2.75) is 19.4 Å². The SMILES string of the molecule is O=Cc1cc2n(n1)CCCCO2. The first-order valence-electron chi connectivity index (χ1n) is 4.06. The van der Waals surface area contributed by atoms with Crippen molar-refractivity contribution >= 4 is 6.29 Å². The molecule has 0 atom stereocenters. The Balaban J connectivity index is 2.32. The van der Waals surface area contributed by atoms with Gasteiger partial charge in [-0.05, 0) is 12.8 Å². The molecule has 4 nitrogen and oxygen atoms in total. The molecule has 0 N–H and O–H groups in total. The number of carbonyl (C=O) groups excluding carboxylic acids is 1. The van der Waals surface area contributed by atoms with Crippen LogP contribution in [0.1, 0.15) is 23.3 Å². The van der Waals surface area contributed by atoms with E-state index in [1.165, 1.54) is 0 Å². The largest absolute Gasteiger partial charge is 0.478 e. The summed E-state index contributed by atoms with van der Waals surface area (Å²) in [7, 11) is 0. The Hall–Kier alpha value is -1.32. The zero-order chi connectivity index (χ0) is 8.39. The molecule has 12 heavy (non-hydrogen) atoms. The van der Waals surface area contributed by atoms with Gasteiger partial charge in [0.15, 0.2) is 6.29 Å². The molecule has 0 aromatic carbocycles. The maximum atomic E-state index is 10.4. The molecule has 4 heteroatoms. The van der Waals surface area contributed by atoms with Gasteiger partial charge in [-0.2, -0.15) is 5.10 Å². The van der Waals surface area contributed by atoms with E-state index in [0.717, 1.165) is 38.2 Å².